The van der Waals surface area contributed by atoms with Crippen LogP contribution >= 0.6 is 0 Å². The van der Waals surface area contributed by atoms with Crippen LogP contribution in [-0.2, 0) is 0 Å². The van der Waals surface area contributed by atoms with Gasteiger partial charge in [-0.3, -0.25) is 4.79 Å². The maximum atomic E-state index is 12.9. The number of rotatable bonds is 0. The Labute approximate surface area is 116 Å². The van der Waals surface area contributed by atoms with Crippen molar-refractivity contribution in [2.45, 2.75) is 61.0 Å². The van der Waals surface area contributed by atoms with Gasteiger partial charge in [0.05, 0.1) is 11.0 Å². The summed E-state index contributed by atoms with van der Waals surface area (Å²) in [5, 5.41) is 0. The molecule has 2 rings (SSSR count). The van der Waals surface area contributed by atoms with E-state index in [1.165, 1.54) is 11.1 Å². The summed E-state index contributed by atoms with van der Waals surface area (Å²) in [5.41, 5.74) is 4.35. The zero-order valence-electron chi connectivity index (χ0n) is 13.3. The Morgan fingerprint density at radius 1 is 0.789 bits per heavy atom. The first kappa shape index (κ1) is 14.1. The quantitative estimate of drug-likeness (QED) is 0.695. The molecule has 2 nitrogen and oxygen atoms in total. The minimum atomic E-state index is -0.515. The number of fused-ring (bicyclic) bond motifs is 1. The summed E-state index contributed by atoms with van der Waals surface area (Å²) in [6.45, 7) is 16.2. The van der Waals surface area contributed by atoms with Crippen molar-refractivity contribution < 1.29 is 9.53 Å². The lowest BCUT2D eigenvalue weighted by Crippen LogP contribution is -2.53. The summed E-state index contributed by atoms with van der Waals surface area (Å²) in [4.78, 5) is 12.9. The molecule has 0 amide bonds. The molecule has 0 N–H and O–H groups in total. The fourth-order valence-corrected chi connectivity index (χ4v) is 2.65. The summed E-state index contributed by atoms with van der Waals surface area (Å²) < 4.78 is 6.23. The average Bonchev–Trinajstić information content (AvgIpc) is 2.31. The lowest BCUT2D eigenvalue weighted by molar-refractivity contribution is -0.0125. The molecule has 0 spiro atoms. The molecule has 0 radical (unpaired) electrons. The van der Waals surface area contributed by atoms with Gasteiger partial charge >= 0.3 is 0 Å². The third-order valence-corrected chi connectivity index (χ3v) is 5.29. The smallest absolute Gasteiger partial charge is 0.176 e. The van der Waals surface area contributed by atoms with Crippen LogP contribution in [0.2, 0.25) is 0 Å². The fourth-order valence-electron chi connectivity index (χ4n) is 2.65. The molecule has 19 heavy (non-hydrogen) atoms. The molecule has 0 aromatic heterocycles. The van der Waals surface area contributed by atoms with Gasteiger partial charge in [-0.15, -0.1) is 0 Å². The van der Waals surface area contributed by atoms with E-state index in [1.807, 2.05) is 41.5 Å². The zero-order chi connectivity index (χ0) is 14.7. The second-order valence-corrected chi connectivity index (χ2v) is 6.77. The molecule has 104 valence electrons. The minimum Gasteiger partial charge on any atom is -0.486 e. The van der Waals surface area contributed by atoms with Gasteiger partial charge in [0.2, 0.25) is 0 Å². The number of carbonyl (C=O) groups excluding carboxylic acids is 1. The predicted molar refractivity (Wildman–Crippen MR) is 78.2 cm³/mol. The van der Waals surface area contributed by atoms with Gasteiger partial charge in [-0.1, -0.05) is 0 Å². The summed E-state index contributed by atoms with van der Waals surface area (Å²) in [5.74, 6) is 0.984. The van der Waals surface area contributed by atoms with E-state index in [-0.39, 0.29) is 5.78 Å². The normalized spacial score (nSPS) is 19.9. The summed E-state index contributed by atoms with van der Waals surface area (Å²) >= 11 is 0. The molecule has 1 aromatic rings. The molecule has 1 aliphatic heterocycles. The molecule has 1 heterocycles. The highest BCUT2D eigenvalue weighted by Crippen LogP contribution is 2.48. The summed E-state index contributed by atoms with van der Waals surface area (Å²) in [6, 6.07) is 0. The molecule has 0 saturated heterocycles. The second-order valence-electron chi connectivity index (χ2n) is 6.77. The largest absolute Gasteiger partial charge is 0.486 e. The highest BCUT2D eigenvalue weighted by atomic mass is 16.5. The van der Waals surface area contributed by atoms with Gasteiger partial charge in [0, 0.05) is 0 Å². The van der Waals surface area contributed by atoms with Crippen LogP contribution in [0.25, 0.3) is 0 Å². The second kappa shape index (κ2) is 3.84. The first-order chi connectivity index (χ1) is 8.52. The molecular formula is C17H24O2. The standard InChI is InChI=1S/C17H24O2/c1-9-10(2)12(4)14-13(11(9)3)15(18)16(5,6)17(7,8)19-14/h1-8H3. The van der Waals surface area contributed by atoms with Gasteiger partial charge in [-0.05, 0) is 77.6 Å². The van der Waals surface area contributed by atoms with Crippen molar-refractivity contribution in [1.82, 2.24) is 0 Å². The summed E-state index contributed by atoms with van der Waals surface area (Å²) in [6.07, 6.45) is 0. The predicted octanol–water partition coefficient (Wildman–Crippen LogP) is 4.30. The van der Waals surface area contributed by atoms with Gasteiger partial charge in [0.1, 0.15) is 11.4 Å². The van der Waals surface area contributed by atoms with Gasteiger partial charge in [-0.2, -0.15) is 0 Å². The lowest BCUT2D eigenvalue weighted by Gasteiger charge is -2.46. The Kier molecular flexibility index (Phi) is 2.85. The van der Waals surface area contributed by atoms with E-state index in [4.69, 9.17) is 4.74 Å². The van der Waals surface area contributed by atoms with Crippen molar-refractivity contribution >= 4 is 5.78 Å². The molecule has 0 atom stereocenters. The Morgan fingerprint density at radius 3 is 1.79 bits per heavy atom. The summed E-state index contributed by atoms with van der Waals surface area (Å²) in [7, 11) is 0. The molecule has 1 aliphatic rings. The monoisotopic (exact) mass is 260 g/mol. The highest BCUT2D eigenvalue weighted by Gasteiger charge is 2.51. The number of hydrogen-bond donors (Lipinski definition) is 0. The van der Waals surface area contributed by atoms with Crippen LogP contribution in [0.4, 0.5) is 0 Å². The lowest BCUT2D eigenvalue weighted by atomic mass is 9.68. The minimum absolute atomic E-state index is 0.197. The number of carbonyl (C=O) groups is 1. The van der Waals surface area contributed by atoms with E-state index in [0.717, 1.165) is 22.4 Å². The number of ketones is 1. The van der Waals surface area contributed by atoms with E-state index >= 15 is 0 Å². The van der Waals surface area contributed by atoms with Crippen LogP contribution < -0.4 is 4.74 Å². The van der Waals surface area contributed by atoms with Crippen molar-refractivity contribution in [2.75, 3.05) is 0 Å². The molecule has 0 fully saturated rings. The van der Waals surface area contributed by atoms with Crippen molar-refractivity contribution in [3.63, 3.8) is 0 Å². The van der Waals surface area contributed by atoms with Crippen molar-refractivity contribution in [3.05, 3.63) is 27.8 Å². The van der Waals surface area contributed by atoms with Crippen molar-refractivity contribution in [3.8, 4) is 5.75 Å². The third kappa shape index (κ3) is 1.65. The Balaban J connectivity index is 2.85. The third-order valence-electron chi connectivity index (χ3n) is 5.29. The van der Waals surface area contributed by atoms with Gasteiger partial charge < -0.3 is 4.74 Å². The molecule has 0 aliphatic carbocycles. The van der Waals surface area contributed by atoms with Crippen molar-refractivity contribution in [1.29, 1.82) is 0 Å². The van der Waals surface area contributed by atoms with Gasteiger partial charge in [0.15, 0.2) is 5.78 Å². The Hall–Kier alpha value is -1.31. The first-order valence-electron chi connectivity index (χ1n) is 6.86. The highest BCUT2D eigenvalue weighted by molar-refractivity contribution is 6.06. The first-order valence-corrected chi connectivity index (χ1v) is 6.86. The molecule has 1 aromatic carbocycles. The maximum absolute atomic E-state index is 12.9. The Morgan fingerprint density at radius 2 is 1.26 bits per heavy atom. The number of hydrogen-bond acceptors (Lipinski definition) is 2. The van der Waals surface area contributed by atoms with Crippen molar-refractivity contribution in [2.24, 2.45) is 5.41 Å². The molecule has 0 saturated carbocycles. The van der Waals surface area contributed by atoms with Crippen LogP contribution in [-0.4, -0.2) is 11.4 Å². The SMILES string of the molecule is Cc1c(C)c(C)c2c(c1C)OC(C)(C)C(C)(C)C2=O. The van der Waals surface area contributed by atoms with E-state index in [2.05, 4.69) is 13.8 Å². The fraction of sp³-hybridized carbons (Fsp3) is 0.588. The average molecular weight is 260 g/mol. The molecule has 2 heteroatoms. The van der Waals surface area contributed by atoms with Crippen LogP contribution in [0.5, 0.6) is 5.75 Å². The molecule has 0 unspecified atom stereocenters. The van der Waals surface area contributed by atoms with E-state index in [1.54, 1.807) is 0 Å². The van der Waals surface area contributed by atoms with Crippen LogP contribution in [0.1, 0.15) is 60.3 Å². The number of ether oxygens (including phenoxy) is 1. The Bertz CT molecular complexity index is 578. The number of benzene rings is 1. The van der Waals surface area contributed by atoms with E-state index in [0.29, 0.717) is 0 Å². The maximum Gasteiger partial charge on any atom is 0.176 e. The van der Waals surface area contributed by atoms with E-state index in [9.17, 15) is 4.79 Å². The van der Waals surface area contributed by atoms with Crippen LogP contribution in [0.3, 0.4) is 0 Å². The topological polar surface area (TPSA) is 26.3 Å². The van der Waals surface area contributed by atoms with E-state index < -0.39 is 11.0 Å². The molecule has 0 bridgehead atoms. The van der Waals surface area contributed by atoms with Crippen LogP contribution in [0, 0.1) is 33.1 Å². The van der Waals surface area contributed by atoms with Gasteiger partial charge in [0.25, 0.3) is 0 Å². The van der Waals surface area contributed by atoms with Crippen LogP contribution in [0.15, 0.2) is 0 Å². The number of Topliss-reactive ketones (excluding diaryl/α,β-unsaturated/α-hetero) is 1. The van der Waals surface area contributed by atoms with Gasteiger partial charge in [-0.25, -0.2) is 0 Å². The zero-order valence-corrected chi connectivity index (χ0v) is 13.3. The molecular weight excluding hydrogens is 236 g/mol.